The van der Waals surface area contributed by atoms with E-state index in [0.29, 0.717) is 11.4 Å². The molecule has 10 heteroatoms. The van der Waals surface area contributed by atoms with Crippen LogP contribution in [0.3, 0.4) is 0 Å². The fourth-order valence-electron chi connectivity index (χ4n) is 3.27. The summed E-state index contributed by atoms with van der Waals surface area (Å²) in [7, 11) is -3.51. The van der Waals surface area contributed by atoms with Gasteiger partial charge in [-0.25, -0.2) is 27.8 Å². The number of nitrogens with zero attached hydrogens (tertiary/aromatic N) is 3. The molecule has 0 fully saturated rings. The van der Waals surface area contributed by atoms with Crippen LogP contribution in [0.1, 0.15) is 18.5 Å². The Morgan fingerprint density at radius 1 is 1.00 bits per heavy atom. The number of halogens is 2. The van der Waals surface area contributed by atoms with Gasteiger partial charge in [0.05, 0.1) is 17.5 Å². The Bertz CT molecular complexity index is 1400. The van der Waals surface area contributed by atoms with Crippen molar-refractivity contribution in [1.82, 2.24) is 15.0 Å². The molecule has 1 atom stereocenters. The van der Waals surface area contributed by atoms with Gasteiger partial charge in [-0.1, -0.05) is 29.8 Å². The molecule has 2 aromatic carbocycles. The van der Waals surface area contributed by atoms with Crippen molar-refractivity contribution in [2.24, 2.45) is 0 Å². The van der Waals surface area contributed by atoms with Gasteiger partial charge in [-0.05, 0) is 48.4 Å². The standard InChI is InChI=1S/C22H19ClFN5O2S/c1-13(14-3-6-17(24)7-4-14)28-22-18-9-15(5-8-19(18)26-12-27-22)16-10-20(21(23)25-11-16)29-32(2,30)31/h3-13,29H,1-2H3,(H,26,27,28)/t13-/m1/s1. The molecule has 0 aliphatic heterocycles. The second-order valence-electron chi connectivity index (χ2n) is 7.31. The van der Waals surface area contributed by atoms with Gasteiger partial charge in [0, 0.05) is 23.2 Å². The fourth-order valence-corrected chi connectivity index (χ4v) is 4.03. The largest absolute Gasteiger partial charge is 0.363 e. The SMILES string of the molecule is C[C@@H](Nc1ncnc2ccc(-c3cnc(Cl)c(NS(C)(=O)=O)c3)cc12)c1ccc(F)cc1. The van der Waals surface area contributed by atoms with Crippen LogP contribution in [-0.4, -0.2) is 29.6 Å². The number of anilines is 2. The van der Waals surface area contributed by atoms with E-state index < -0.39 is 10.0 Å². The summed E-state index contributed by atoms with van der Waals surface area (Å²) in [6.45, 7) is 1.96. The van der Waals surface area contributed by atoms with Crippen molar-refractivity contribution in [1.29, 1.82) is 0 Å². The lowest BCUT2D eigenvalue weighted by atomic mass is 10.0. The van der Waals surface area contributed by atoms with Crippen LogP contribution in [0.25, 0.3) is 22.0 Å². The maximum Gasteiger partial charge on any atom is 0.229 e. The third-order valence-electron chi connectivity index (χ3n) is 4.83. The van der Waals surface area contributed by atoms with Crippen LogP contribution >= 0.6 is 11.6 Å². The van der Waals surface area contributed by atoms with E-state index in [1.807, 2.05) is 25.1 Å². The molecule has 2 heterocycles. The summed E-state index contributed by atoms with van der Waals surface area (Å²) < 4.78 is 38.8. The first-order valence-electron chi connectivity index (χ1n) is 9.60. The van der Waals surface area contributed by atoms with E-state index in [1.165, 1.54) is 18.5 Å². The van der Waals surface area contributed by atoms with E-state index in [-0.39, 0.29) is 22.7 Å². The number of hydrogen-bond donors (Lipinski definition) is 2. The minimum Gasteiger partial charge on any atom is -0.363 e. The van der Waals surface area contributed by atoms with Crippen molar-refractivity contribution in [3.8, 4) is 11.1 Å². The molecule has 4 aromatic rings. The third kappa shape index (κ3) is 4.95. The van der Waals surface area contributed by atoms with Gasteiger partial charge in [0.2, 0.25) is 10.0 Å². The highest BCUT2D eigenvalue weighted by molar-refractivity contribution is 7.92. The van der Waals surface area contributed by atoms with E-state index >= 15 is 0 Å². The molecule has 0 amide bonds. The molecule has 0 saturated heterocycles. The van der Waals surface area contributed by atoms with Crippen LogP contribution in [0.2, 0.25) is 5.15 Å². The molecule has 4 rings (SSSR count). The second-order valence-corrected chi connectivity index (χ2v) is 9.41. The van der Waals surface area contributed by atoms with Gasteiger partial charge in [-0.15, -0.1) is 0 Å². The maximum atomic E-state index is 13.2. The van der Waals surface area contributed by atoms with Crippen LogP contribution < -0.4 is 10.0 Å². The molecule has 0 aliphatic rings. The summed E-state index contributed by atoms with van der Waals surface area (Å²) >= 11 is 6.04. The Hall–Kier alpha value is -3.30. The van der Waals surface area contributed by atoms with Crippen LogP contribution in [-0.2, 0) is 10.0 Å². The van der Waals surface area contributed by atoms with Gasteiger partial charge in [0.25, 0.3) is 0 Å². The van der Waals surface area contributed by atoms with Crippen LogP contribution in [0, 0.1) is 5.82 Å². The highest BCUT2D eigenvalue weighted by Gasteiger charge is 2.13. The fraction of sp³-hybridized carbons (Fsp3) is 0.136. The van der Waals surface area contributed by atoms with Gasteiger partial charge in [0.1, 0.15) is 18.0 Å². The maximum absolute atomic E-state index is 13.2. The molecule has 0 aliphatic carbocycles. The summed E-state index contributed by atoms with van der Waals surface area (Å²) in [6, 6.07) is 13.4. The first-order chi connectivity index (χ1) is 15.2. The van der Waals surface area contributed by atoms with Crippen LogP contribution in [0.4, 0.5) is 15.9 Å². The zero-order valence-corrected chi connectivity index (χ0v) is 18.7. The molecule has 0 bridgehead atoms. The first-order valence-corrected chi connectivity index (χ1v) is 11.9. The van der Waals surface area contributed by atoms with E-state index in [1.54, 1.807) is 24.4 Å². The van der Waals surface area contributed by atoms with E-state index in [4.69, 9.17) is 11.6 Å². The molecule has 2 N–H and O–H groups in total. The van der Waals surface area contributed by atoms with Crippen molar-refractivity contribution in [3.05, 3.63) is 77.6 Å². The summed E-state index contributed by atoms with van der Waals surface area (Å²) in [5.41, 5.74) is 3.29. The molecular weight excluding hydrogens is 453 g/mol. The predicted octanol–water partition coefficient (Wildman–Crippen LogP) is 5.03. The highest BCUT2D eigenvalue weighted by Crippen LogP contribution is 2.31. The molecule has 0 unspecified atom stereocenters. The van der Waals surface area contributed by atoms with E-state index in [2.05, 4.69) is 25.0 Å². The Morgan fingerprint density at radius 3 is 2.47 bits per heavy atom. The topological polar surface area (TPSA) is 96.9 Å². The molecule has 2 aromatic heterocycles. The average molecular weight is 472 g/mol. The number of hydrogen-bond acceptors (Lipinski definition) is 6. The Balaban J connectivity index is 1.71. The monoisotopic (exact) mass is 471 g/mol. The van der Waals surface area contributed by atoms with Crippen molar-refractivity contribution >= 4 is 44.0 Å². The van der Waals surface area contributed by atoms with Gasteiger partial charge in [0.15, 0.2) is 5.15 Å². The highest BCUT2D eigenvalue weighted by atomic mass is 35.5. The minimum atomic E-state index is -3.51. The van der Waals surface area contributed by atoms with Gasteiger partial charge in [-0.3, -0.25) is 4.72 Å². The molecule has 0 spiro atoms. The first kappa shape index (κ1) is 21.9. The number of aromatic nitrogens is 3. The van der Waals surface area contributed by atoms with Crippen molar-refractivity contribution < 1.29 is 12.8 Å². The summed E-state index contributed by atoms with van der Waals surface area (Å²) in [5.74, 6) is 0.324. The number of benzene rings is 2. The van der Waals surface area contributed by atoms with E-state index in [0.717, 1.165) is 28.3 Å². The van der Waals surface area contributed by atoms with E-state index in [9.17, 15) is 12.8 Å². The molecule has 0 saturated carbocycles. The summed E-state index contributed by atoms with van der Waals surface area (Å²) in [6.07, 6.45) is 4.08. The van der Waals surface area contributed by atoms with Crippen LogP contribution in [0.15, 0.2) is 61.1 Å². The van der Waals surface area contributed by atoms with Crippen LogP contribution in [0.5, 0.6) is 0 Å². The number of fused-ring (bicyclic) bond motifs is 1. The molecule has 0 radical (unpaired) electrons. The zero-order chi connectivity index (χ0) is 22.9. The zero-order valence-electron chi connectivity index (χ0n) is 17.2. The second kappa shape index (κ2) is 8.68. The lowest BCUT2D eigenvalue weighted by Gasteiger charge is -2.16. The number of nitrogens with one attached hydrogen (secondary N) is 2. The van der Waals surface area contributed by atoms with Crippen molar-refractivity contribution in [2.75, 3.05) is 16.3 Å². The summed E-state index contributed by atoms with van der Waals surface area (Å²) in [5, 5.41) is 4.17. The van der Waals surface area contributed by atoms with Crippen molar-refractivity contribution in [2.45, 2.75) is 13.0 Å². The van der Waals surface area contributed by atoms with Gasteiger partial charge in [-0.2, -0.15) is 0 Å². The number of sulfonamides is 1. The minimum absolute atomic E-state index is 0.0544. The quantitative estimate of drug-likeness (QED) is 0.383. The lowest BCUT2D eigenvalue weighted by Crippen LogP contribution is -2.10. The van der Waals surface area contributed by atoms with Crippen molar-refractivity contribution in [3.63, 3.8) is 0 Å². The molecule has 32 heavy (non-hydrogen) atoms. The third-order valence-corrected chi connectivity index (χ3v) is 5.72. The molecular formula is C22H19ClFN5O2S. The molecule has 164 valence electrons. The van der Waals surface area contributed by atoms with Gasteiger partial charge >= 0.3 is 0 Å². The van der Waals surface area contributed by atoms with Gasteiger partial charge < -0.3 is 5.32 Å². The Kier molecular flexibility index (Phi) is 5.94. The lowest BCUT2D eigenvalue weighted by molar-refractivity contribution is 0.606. The average Bonchev–Trinajstić information content (AvgIpc) is 2.75. The Labute approximate surface area is 189 Å². The number of rotatable bonds is 6. The number of pyridine rings is 1. The Morgan fingerprint density at radius 2 is 1.75 bits per heavy atom. The predicted molar refractivity (Wildman–Crippen MR) is 125 cm³/mol. The normalized spacial score (nSPS) is 12.5. The molecule has 7 nitrogen and oxygen atoms in total. The summed E-state index contributed by atoms with van der Waals surface area (Å²) in [4.78, 5) is 12.8. The smallest absolute Gasteiger partial charge is 0.229 e.